The molecular weight excluding hydrogens is 434 g/mol. The number of carbonyl (C=O) groups is 2. The van der Waals surface area contributed by atoms with Crippen LogP contribution in [-0.4, -0.2) is 30.4 Å². The fraction of sp³-hybridized carbons (Fsp3) is 0.433. The molecular formula is C30H43N3O2. The molecule has 0 saturated heterocycles. The Labute approximate surface area is 212 Å². The number of amides is 2. The zero-order valence-corrected chi connectivity index (χ0v) is 22.5. The molecule has 1 unspecified atom stereocenters. The molecule has 0 aliphatic rings. The summed E-state index contributed by atoms with van der Waals surface area (Å²) in [4.78, 5) is 29.5. The zero-order valence-electron chi connectivity index (χ0n) is 22.5. The van der Waals surface area contributed by atoms with Gasteiger partial charge in [-0.1, -0.05) is 95.2 Å². The Hall–Kier alpha value is -3.21. The molecule has 2 N–H and O–H groups in total. The monoisotopic (exact) mass is 477 g/mol. The predicted molar refractivity (Wildman–Crippen MR) is 147 cm³/mol. The van der Waals surface area contributed by atoms with Crippen molar-refractivity contribution in [3.63, 3.8) is 0 Å². The lowest BCUT2D eigenvalue weighted by Gasteiger charge is -2.15. The van der Waals surface area contributed by atoms with Crippen molar-refractivity contribution in [1.29, 1.82) is 0 Å². The first-order valence-corrected chi connectivity index (χ1v) is 12.6. The molecule has 2 amide bonds. The van der Waals surface area contributed by atoms with E-state index < -0.39 is 0 Å². The van der Waals surface area contributed by atoms with E-state index in [1.807, 2.05) is 50.3 Å². The molecule has 0 radical (unpaired) electrons. The number of pyridine rings is 1. The van der Waals surface area contributed by atoms with Crippen LogP contribution >= 0.6 is 0 Å². The van der Waals surface area contributed by atoms with Crippen LogP contribution in [-0.2, 0) is 0 Å². The highest BCUT2D eigenvalue weighted by atomic mass is 16.2. The summed E-state index contributed by atoms with van der Waals surface area (Å²) in [6.07, 6.45) is 9.26. The van der Waals surface area contributed by atoms with E-state index in [9.17, 15) is 9.59 Å². The summed E-state index contributed by atoms with van der Waals surface area (Å²) >= 11 is 0. The lowest BCUT2D eigenvalue weighted by atomic mass is 9.96. The number of nitrogens with zero attached hydrogens (tertiary/aromatic N) is 1. The van der Waals surface area contributed by atoms with Gasteiger partial charge in [-0.3, -0.25) is 9.59 Å². The summed E-state index contributed by atoms with van der Waals surface area (Å²) in [7, 11) is 1.55. The molecule has 2 aromatic rings. The molecule has 190 valence electrons. The van der Waals surface area contributed by atoms with E-state index in [0.29, 0.717) is 17.8 Å². The van der Waals surface area contributed by atoms with E-state index >= 15 is 0 Å². The molecule has 1 aromatic carbocycles. The summed E-state index contributed by atoms with van der Waals surface area (Å²) in [5.41, 5.74) is 3.64. The van der Waals surface area contributed by atoms with Gasteiger partial charge in [-0.05, 0) is 43.4 Å². The standard InChI is InChI=1S/C25H31N3O2.C5H12/c1-5-6-8-11-18(2)14-15-27-24(29)21-16-22(28-23(17-21)25(30)26-4)19(3)20-12-9-7-10-13-20;1-4-5(2)3/h6-13,16-17,19H,5,14-15H2,1-4H3,(H,26,30)(H,27,29);5H,4H2,1-3H3/b8-6+,18-11+;. The number of allylic oxidation sites excluding steroid dienone is 3. The summed E-state index contributed by atoms with van der Waals surface area (Å²) in [6, 6.07) is 13.2. The smallest absolute Gasteiger partial charge is 0.269 e. The molecule has 0 fully saturated rings. The molecule has 1 heterocycles. The molecule has 0 aliphatic heterocycles. The van der Waals surface area contributed by atoms with Crippen LogP contribution in [0.25, 0.3) is 0 Å². The fourth-order valence-corrected chi connectivity index (χ4v) is 2.99. The van der Waals surface area contributed by atoms with Crippen LogP contribution in [0.3, 0.4) is 0 Å². The van der Waals surface area contributed by atoms with Crippen LogP contribution in [0.2, 0.25) is 0 Å². The second-order valence-corrected chi connectivity index (χ2v) is 9.03. The number of nitrogens with one attached hydrogen (secondary N) is 2. The van der Waals surface area contributed by atoms with E-state index in [0.717, 1.165) is 24.3 Å². The van der Waals surface area contributed by atoms with E-state index in [4.69, 9.17) is 0 Å². The van der Waals surface area contributed by atoms with E-state index in [2.05, 4.69) is 55.5 Å². The Morgan fingerprint density at radius 1 is 1.03 bits per heavy atom. The van der Waals surface area contributed by atoms with Crippen LogP contribution in [0.5, 0.6) is 0 Å². The van der Waals surface area contributed by atoms with Gasteiger partial charge in [0.2, 0.25) is 0 Å². The molecule has 35 heavy (non-hydrogen) atoms. The number of carbonyl (C=O) groups excluding carboxylic acids is 2. The maximum absolute atomic E-state index is 12.8. The second kappa shape index (κ2) is 16.4. The zero-order chi connectivity index (χ0) is 26.2. The molecule has 2 rings (SSSR count). The summed E-state index contributed by atoms with van der Waals surface area (Å²) < 4.78 is 0. The van der Waals surface area contributed by atoms with Crippen molar-refractivity contribution in [2.45, 2.75) is 66.7 Å². The minimum absolute atomic E-state index is 0.0436. The van der Waals surface area contributed by atoms with Crippen molar-refractivity contribution in [3.05, 3.63) is 88.8 Å². The largest absolute Gasteiger partial charge is 0.354 e. The van der Waals surface area contributed by atoms with Crippen molar-refractivity contribution in [3.8, 4) is 0 Å². The van der Waals surface area contributed by atoms with Gasteiger partial charge in [0.25, 0.3) is 11.8 Å². The normalized spacial score (nSPS) is 12.2. The van der Waals surface area contributed by atoms with Crippen molar-refractivity contribution >= 4 is 11.8 Å². The van der Waals surface area contributed by atoms with E-state index in [1.165, 1.54) is 12.0 Å². The Bertz CT molecular complexity index is 978. The third-order valence-corrected chi connectivity index (χ3v) is 5.68. The van der Waals surface area contributed by atoms with E-state index in [-0.39, 0.29) is 23.4 Å². The van der Waals surface area contributed by atoms with Gasteiger partial charge >= 0.3 is 0 Å². The summed E-state index contributed by atoms with van der Waals surface area (Å²) in [6.45, 7) is 13.3. The summed E-state index contributed by atoms with van der Waals surface area (Å²) in [5.74, 6) is 0.321. The van der Waals surface area contributed by atoms with Crippen LogP contribution in [0.4, 0.5) is 0 Å². The van der Waals surface area contributed by atoms with Crippen molar-refractivity contribution in [2.75, 3.05) is 13.6 Å². The average molecular weight is 478 g/mol. The molecule has 0 bridgehead atoms. The fourth-order valence-electron chi connectivity index (χ4n) is 2.99. The quantitative estimate of drug-likeness (QED) is 0.375. The average Bonchev–Trinajstić information content (AvgIpc) is 2.88. The van der Waals surface area contributed by atoms with Crippen LogP contribution in [0.1, 0.15) is 98.8 Å². The van der Waals surface area contributed by atoms with Crippen LogP contribution in [0, 0.1) is 5.92 Å². The van der Waals surface area contributed by atoms with Crippen molar-refractivity contribution in [2.24, 2.45) is 5.92 Å². The predicted octanol–water partition coefficient (Wildman–Crippen LogP) is 6.68. The molecule has 0 spiro atoms. The van der Waals surface area contributed by atoms with Gasteiger partial charge in [-0.2, -0.15) is 0 Å². The number of rotatable bonds is 10. The number of hydrogen-bond donors (Lipinski definition) is 2. The first kappa shape index (κ1) is 29.8. The van der Waals surface area contributed by atoms with Gasteiger partial charge in [0, 0.05) is 30.8 Å². The first-order valence-electron chi connectivity index (χ1n) is 12.6. The molecule has 0 aliphatic carbocycles. The Morgan fingerprint density at radius 3 is 2.26 bits per heavy atom. The molecule has 5 nitrogen and oxygen atoms in total. The lowest BCUT2D eigenvalue weighted by molar-refractivity contribution is 0.0954. The number of benzene rings is 1. The third kappa shape index (κ3) is 11.2. The topological polar surface area (TPSA) is 71.1 Å². The maximum Gasteiger partial charge on any atom is 0.269 e. The highest BCUT2D eigenvalue weighted by molar-refractivity contribution is 5.98. The Morgan fingerprint density at radius 2 is 1.69 bits per heavy atom. The molecule has 0 saturated carbocycles. The molecule has 1 atom stereocenters. The van der Waals surface area contributed by atoms with Gasteiger partial charge in [0.05, 0.1) is 0 Å². The highest BCUT2D eigenvalue weighted by Crippen LogP contribution is 2.23. The molecule has 5 heteroatoms. The third-order valence-electron chi connectivity index (χ3n) is 5.68. The summed E-state index contributed by atoms with van der Waals surface area (Å²) in [5, 5.41) is 5.54. The van der Waals surface area contributed by atoms with Crippen LogP contribution < -0.4 is 10.6 Å². The van der Waals surface area contributed by atoms with Gasteiger partial charge in [0.15, 0.2) is 0 Å². The highest BCUT2D eigenvalue weighted by Gasteiger charge is 2.17. The maximum atomic E-state index is 12.8. The second-order valence-electron chi connectivity index (χ2n) is 9.03. The van der Waals surface area contributed by atoms with Gasteiger partial charge in [-0.25, -0.2) is 4.98 Å². The Balaban J connectivity index is 0.00000111. The molecule has 1 aromatic heterocycles. The van der Waals surface area contributed by atoms with Crippen LogP contribution in [0.15, 0.2) is 66.3 Å². The Kier molecular flexibility index (Phi) is 14.0. The van der Waals surface area contributed by atoms with Gasteiger partial charge in [0.1, 0.15) is 5.69 Å². The number of aromatic nitrogens is 1. The first-order chi connectivity index (χ1) is 16.7. The van der Waals surface area contributed by atoms with E-state index in [1.54, 1.807) is 19.2 Å². The SMILES string of the molecule is CC/C=C/C=C(\C)CCNC(=O)c1cc(C(=O)NC)nc(C(C)c2ccccc2)c1.CCC(C)C. The lowest BCUT2D eigenvalue weighted by Crippen LogP contribution is -2.26. The van der Waals surface area contributed by atoms with Crippen molar-refractivity contribution < 1.29 is 9.59 Å². The van der Waals surface area contributed by atoms with Gasteiger partial charge in [-0.15, -0.1) is 0 Å². The minimum atomic E-state index is -0.312. The van der Waals surface area contributed by atoms with Gasteiger partial charge < -0.3 is 10.6 Å². The minimum Gasteiger partial charge on any atom is -0.354 e. The number of hydrogen-bond acceptors (Lipinski definition) is 3. The van der Waals surface area contributed by atoms with Crippen molar-refractivity contribution in [1.82, 2.24) is 15.6 Å².